The molecule has 1 aliphatic rings. The summed E-state index contributed by atoms with van der Waals surface area (Å²) in [5, 5.41) is 5.91. The van der Waals surface area contributed by atoms with Gasteiger partial charge in [-0.25, -0.2) is 4.98 Å². The number of aromatic amines is 1. The lowest BCUT2D eigenvalue weighted by Crippen LogP contribution is -2.62. The number of H-pyrrole nitrogens is 1. The maximum Gasteiger partial charge on any atom is 0.220 e. The molecule has 2 amide bonds. The van der Waals surface area contributed by atoms with Crippen LogP contribution in [-0.4, -0.2) is 33.4 Å². The number of imidazole rings is 1. The van der Waals surface area contributed by atoms with Crippen LogP contribution in [0.1, 0.15) is 38.9 Å². The zero-order valence-corrected chi connectivity index (χ0v) is 11.3. The van der Waals surface area contributed by atoms with Gasteiger partial charge in [0.05, 0.1) is 11.6 Å². The van der Waals surface area contributed by atoms with Gasteiger partial charge in [-0.2, -0.15) is 0 Å². The highest BCUT2D eigenvalue weighted by Gasteiger charge is 2.36. The van der Waals surface area contributed by atoms with E-state index in [1.807, 2.05) is 13.8 Å². The average Bonchev–Trinajstić information content (AvgIpc) is 2.82. The molecule has 1 aliphatic heterocycles. The molecule has 2 rings (SSSR count). The summed E-state index contributed by atoms with van der Waals surface area (Å²) in [4.78, 5) is 30.3. The van der Waals surface area contributed by atoms with Crippen molar-refractivity contribution in [1.29, 1.82) is 0 Å². The Morgan fingerprint density at radius 1 is 1.58 bits per heavy atom. The second-order valence-electron chi connectivity index (χ2n) is 5.46. The van der Waals surface area contributed by atoms with E-state index >= 15 is 0 Å². The molecule has 1 aromatic rings. The number of amides is 2. The predicted molar refractivity (Wildman–Crippen MR) is 70.3 cm³/mol. The Bertz CT molecular complexity index is 453. The van der Waals surface area contributed by atoms with Crippen LogP contribution in [-0.2, 0) is 16.0 Å². The zero-order chi connectivity index (χ0) is 13.9. The second kappa shape index (κ2) is 5.42. The molecule has 19 heavy (non-hydrogen) atoms. The fourth-order valence-corrected chi connectivity index (χ4v) is 2.33. The van der Waals surface area contributed by atoms with Gasteiger partial charge in [0, 0.05) is 31.7 Å². The van der Waals surface area contributed by atoms with Gasteiger partial charge in [-0.3, -0.25) is 9.59 Å². The molecule has 0 radical (unpaired) electrons. The molecule has 6 nitrogen and oxygen atoms in total. The van der Waals surface area contributed by atoms with Crippen molar-refractivity contribution < 1.29 is 9.59 Å². The van der Waals surface area contributed by atoms with Crippen molar-refractivity contribution in [3.05, 3.63) is 18.2 Å². The summed E-state index contributed by atoms with van der Waals surface area (Å²) in [6, 6.07) is -0.0192. The SMILES string of the molecule is CC1(C)NC(=O)CCC1NC(=O)CCc1ncc[nH]1. The van der Waals surface area contributed by atoms with E-state index in [-0.39, 0.29) is 17.9 Å². The van der Waals surface area contributed by atoms with E-state index in [2.05, 4.69) is 20.6 Å². The zero-order valence-electron chi connectivity index (χ0n) is 11.3. The predicted octanol–water partition coefficient (Wildman–Crippen LogP) is 0.516. The van der Waals surface area contributed by atoms with Crippen LogP contribution in [0.15, 0.2) is 12.4 Å². The number of carbonyl (C=O) groups is 2. The van der Waals surface area contributed by atoms with Crippen molar-refractivity contribution in [2.24, 2.45) is 0 Å². The van der Waals surface area contributed by atoms with E-state index in [0.29, 0.717) is 25.7 Å². The van der Waals surface area contributed by atoms with Crippen LogP contribution in [0.4, 0.5) is 0 Å². The Hall–Kier alpha value is -1.85. The van der Waals surface area contributed by atoms with Crippen LogP contribution in [0.25, 0.3) is 0 Å². The Labute approximate surface area is 112 Å². The molecule has 1 fully saturated rings. The Morgan fingerprint density at radius 2 is 2.37 bits per heavy atom. The topological polar surface area (TPSA) is 86.9 Å². The molecule has 1 aromatic heterocycles. The van der Waals surface area contributed by atoms with Gasteiger partial charge < -0.3 is 15.6 Å². The van der Waals surface area contributed by atoms with E-state index in [0.717, 1.165) is 5.82 Å². The Balaban J connectivity index is 1.83. The summed E-state index contributed by atoms with van der Waals surface area (Å²) in [7, 11) is 0. The monoisotopic (exact) mass is 264 g/mol. The van der Waals surface area contributed by atoms with Crippen LogP contribution in [0.3, 0.4) is 0 Å². The molecule has 1 unspecified atom stereocenters. The smallest absolute Gasteiger partial charge is 0.220 e. The molecule has 1 saturated heterocycles. The summed E-state index contributed by atoms with van der Waals surface area (Å²) >= 11 is 0. The summed E-state index contributed by atoms with van der Waals surface area (Å²) in [5.74, 6) is 0.850. The molecule has 0 aliphatic carbocycles. The van der Waals surface area contributed by atoms with E-state index < -0.39 is 5.54 Å². The highest BCUT2D eigenvalue weighted by molar-refractivity contribution is 5.80. The summed E-state index contributed by atoms with van der Waals surface area (Å²) in [6.45, 7) is 3.86. The Morgan fingerprint density at radius 3 is 3.00 bits per heavy atom. The quantitative estimate of drug-likeness (QED) is 0.740. The maximum absolute atomic E-state index is 11.9. The van der Waals surface area contributed by atoms with Crippen LogP contribution in [0, 0.1) is 0 Å². The van der Waals surface area contributed by atoms with Gasteiger partial charge in [-0.05, 0) is 20.3 Å². The largest absolute Gasteiger partial charge is 0.351 e. The fourth-order valence-electron chi connectivity index (χ4n) is 2.33. The van der Waals surface area contributed by atoms with Crippen LogP contribution < -0.4 is 10.6 Å². The third-order valence-corrected chi connectivity index (χ3v) is 3.47. The minimum absolute atomic E-state index is 0.00868. The van der Waals surface area contributed by atoms with Gasteiger partial charge in [-0.15, -0.1) is 0 Å². The molecule has 0 spiro atoms. The minimum atomic E-state index is -0.393. The van der Waals surface area contributed by atoms with Crippen molar-refractivity contribution in [1.82, 2.24) is 20.6 Å². The number of hydrogen-bond donors (Lipinski definition) is 3. The van der Waals surface area contributed by atoms with Gasteiger partial charge in [0.2, 0.25) is 11.8 Å². The number of nitrogens with one attached hydrogen (secondary N) is 3. The highest BCUT2D eigenvalue weighted by Crippen LogP contribution is 2.19. The van der Waals surface area contributed by atoms with Gasteiger partial charge in [-0.1, -0.05) is 0 Å². The number of aryl methyl sites for hydroxylation is 1. The molecule has 0 bridgehead atoms. The van der Waals surface area contributed by atoms with Gasteiger partial charge in [0.1, 0.15) is 5.82 Å². The molecular weight excluding hydrogens is 244 g/mol. The first kappa shape index (κ1) is 13.6. The van der Waals surface area contributed by atoms with E-state index in [9.17, 15) is 9.59 Å². The molecule has 2 heterocycles. The van der Waals surface area contributed by atoms with Gasteiger partial charge in [0.15, 0.2) is 0 Å². The first-order valence-corrected chi connectivity index (χ1v) is 6.56. The lowest BCUT2D eigenvalue weighted by Gasteiger charge is -2.39. The fraction of sp³-hybridized carbons (Fsp3) is 0.615. The van der Waals surface area contributed by atoms with Gasteiger partial charge >= 0.3 is 0 Å². The number of piperidine rings is 1. The van der Waals surface area contributed by atoms with Crippen molar-refractivity contribution in [3.8, 4) is 0 Å². The maximum atomic E-state index is 11.9. The van der Waals surface area contributed by atoms with Crippen molar-refractivity contribution in [2.45, 2.75) is 51.1 Å². The Kier molecular flexibility index (Phi) is 3.87. The van der Waals surface area contributed by atoms with Crippen LogP contribution in [0.2, 0.25) is 0 Å². The lowest BCUT2D eigenvalue weighted by atomic mass is 9.87. The van der Waals surface area contributed by atoms with Crippen molar-refractivity contribution >= 4 is 11.8 Å². The third kappa shape index (κ3) is 3.56. The van der Waals surface area contributed by atoms with Crippen LogP contribution in [0.5, 0.6) is 0 Å². The second-order valence-corrected chi connectivity index (χ2v) is 5.46. The molecule has 0 saturated carbocycles. The van der Waals surface area contributed by atoms with Gasteiger partial charge in [0.25, 0.3) is 0 Å². The third-order valence-electron chi connectivity index (χ3n) is 3.47. The summed E-state index contributed by atoms with van der Waals surface area (Å²) in [5.41, 5.74) is -0.393. The van der Waals surface area contributed by atoms with E-state index in [4.69, 9.17) is 0 Å². The lowest BCUT2D eigenvalue weighted by molar-refractivity contribution is -0.128. The molecule has 0 aromatic carbocycles. The number of carbonyl (C=O) groups excluding carboxylic acids is 2. The number of aromatic nitrogens is 2. The summed E-state index contributed by atoms with van der Waals surface area (Å²) in [6.07, 6.45) is 5.56. The molecule has 104 valence electrons. The molecule has 6 heteroatoms. The normalized spacial score (nSPS) is 21.8. The number of rotatable bonds is 4. The van der Waals surface area contributed by atoms with Crippen molar-refractivity contribution in [2.75, 3.05) is 0 Å². The summed E-state index contributed by atoms with van der Waals surface area (Å²) < 4.78 is 0. The average molecular weight is 264 g/mol. The van der Waals surface area contributed by atoms with E-state index in [1.165, 1.54) is 0 Å². The minimum Gasteiger partial charge on any atom is -0.351 e. The van der Waals surface area contributed by atoms with E-state index in [1.54, 1.807) is 12.4 Å². The highest BCUT2D eigenvalue weighted by atomic mass is 16.2. The van der Waals surface area contributed by atoms with Crippen LogP contribution >= 0.6 is 0 Å². The standard InChI is InChI=1S/C13H20N4O2/c1-13(2)9(3-5-12(19)17-13)16-11(18)6-4-10-14-7-8-15-10/h7-9H,3-6H2,1-2H3,(H,14,15)(H,16,18)(H,17,19). The first-order valence-electron chi connectivity index (χ1n) is 6.56. The molecule has 3 N–H and O–H groups in total. The number of nitrogens with zero attached hydrogens (tertiary/aromatic N) is 1. The molecular formula is C13H20N4O2. The molecule has 1 atom stereocenters. The first-order chi connectivity index (χ1) is 8.97. The van der Waals surface area contributed by atoms with Crippen molar-refractivity contribution in [3.63, 3.8) is 0 Å². The number of hydrogen-bond acceptors (Lipinski definition) is 3.